The summed E-state index contributed by atoms with van der Waals surface area (Å²) in [5.41, 5.74) is 1.27. The predicted octanol–water partition coefficient (Wildman–Crippen LogP) is 3.33. The van der Waals surface area contributed by atoms with Crippen LogP contribution in [0.4, 0.5) is 0 Å². The molecule has 1 aliphatic rings. The van der Waals surface area contributed by atoms with E-state index in [-0.39, 0.29) is 18.4 Å². The zero-order valence-electron chi connectivity index (χ0n) is 14.1. The van der Waals surface area contributed by atoms with E-state index in [1.54, 1.807) is 6.07 Å². The summed E-state index contributed by atoms with van der Waals surface area (Å²) in [5, 5.41) is 16.3. The van der Waals surface area contributed by atoms with Crippen molar-refractivity contribution in [1.82, 2.24) is 15.1 Å². The van der Waals surface area contributed by atoms with Crippen molar-refractivity contribution in [2.24, 2.45) is 0 Å². The van der Waals surface area contributed by atoms with Gasteiger partial charge in [-0.25, -0.2) is 0 Å². The van der Waals surface area contributed by atoms with Crippen LogP contribution in [0.1, 0.15) is 66.7 Å². The van der Waals surface area contributed by atoms with Gasteiger partial charge in [-0.1, -0.05) is 43.2 Å². The fourth-order valence-electron chi connectivity index (χ4n) is 3.34. The summed E-state index contributed by atoms with van der Waals surface area (Å²) in [6.07, 6.45) is 6.82. The SMILES string of the molecule is O=C(O)CCC(NC(=O)c1ccn(C2CCCC2)n1)c1ccccc1. The third-order valence-electron chi connectivity index (χ3n) is 4.69. The van der Waals surface area contributed by atoms with Crippen molar-refractivity contribution in [2.45, 2.75) is 50.6 Å². The smallest absolute Gasteiger partial charge is 0.303 e. The molecule has 0 aliphatic heterocycles. The molecule has 6 nitrogen and oxygen atoms in total. The molecule has 0 radical (unpaired) electrons. The standard InChI is InChI=1S/C19H23N3O3/c23-18(24)11-10-16(14-6-2-1-3-7-14)20-19(25)17-12-13-22(21-17)15-8-4-5-9-15/h1-3,6-7,12-13,15-16H,4-5,8-11H2,(H,20,25)(H,23,24). The lowest BCUT2D eigenvalue weighted by Gasteiger charge is -2.18. The molecular weight excluding hydrogens is 318 g/mol. The van der Waals surface area contributed by atoms with Gasteiger partial charge in [0.05, 0.1) is 12.1 Å². The molecule has 1 aliphatic carbocycles. The Bertz CT molecular complexity index is 721. The van der Waals surface area contributed by atoms with Crippen LogP contribution in [-0.4, -0.2) is 26.8 Å². The van der Waals surface area contributed by atoms with Crippen molar-refractivity contribution in [2.75, 3.05) is 0 Å². The fourth-order valence-corrected chi connectivity index (χ4v) is 3.34. The molecular formula is C19H23N3O3. The third-order valence-corrected chi connectivity index (χ3v) is 4.69. The number of benzene rings is 1. The number of carbonyl (C=O) groups excluding carboxylic acids is 1. The largest absolute Gasteiger partial charge is 0.481 e. The van der Waals surface area contributed by atoms with Gasteiger partial charge in [-0.3, -0.25) is 14.3 Å². The Morgan fingerprint density at radius 1 is 1.20 bits per heavy atom. The monoisotopic (exact) mass is 341 g/mol. The number of nitrogens with one attached hydrogen (secondary N) is 1. The molecule has 1 saturated carbocycles. The first-order valence-electron chi connectivity index (χ1n) is 8.76. The van der Waals surface area contributed by atoms with Crippen LogP contribution in [0.3, 0.4) is 0 Å². The molecule has 1 amide bonds. The van der Waals surface area contributed by atoms with Gasteiger partial charge >= 0.3 is 5.97 Å². The average Bonchev–Trinajstić information content (AvgIpc) is 3.29. The van der Waals surface area contributed by atoms with Crippen molar-refractivity contribution >= 4 is 11.9 Å². The Morgan fingerprint density at radius 2 is 1.92 bits per heavy atom. The number of aliphatic carboxylic acids is 1. The molecule has 1 heterocycles. The lowest BCUT2D eigenvalue weighted by atomic mass is 10.0. The van der Waals surface area contributed by atoms with Crippen LogP contribution >= 0.6 is 0 Å². The molecule has 3 rings (SSSR count). The number of amides is 1. The normalized spacial score (nSPS) is 15.8. The van der Waals surface area contributed by atoms with E-state index in [1.807, 2.05) is 41.2 Å². The van der Waals surface area contributed by atoms with E-state index in [1.165, 1.54) is 12.8 Å². The molecule has 1 unspecified atom stereocenters. The summed E-state index contributed by atoms with van der Waals surface area (Å²) >= 11 is 0. The number of nitrogens with zero attached hydrogens (tertiary/aromatic N) is 2. The van der Waals surface area contributed by atoms with E-state index in [2.05, 4.69) is 10.4 Å². The minimum atomic E-state index is -0.874. The maximum Gasteiger partial charge on any atom is 0.303 e. The molecule has 6 heteroatoms. The number of carbonyl (C=O) groups is 2. The maximum absolute atomic E-state index is 12.6. The molecule has 2 N–H and O–H groups in total. The topological polar surface area (TPSA) is 84.2 Å². The van der Waals surface area contributed by atoms with E-state index < -0.39 is 5.97 Å². The van der Waals surface area contributed by atoms with Gasteiger partial charge in [0.1, 0.15) is 5.69 Å². The molecule has 0 bridgehead atoms. The van der Waals surface area contributed by atoms with Crippen LogP contribution in [0.5, 0.6) is 0 Å². The highest BCUT2D eigenvalue weighted by molar-refractivity contribution is 5.92. The predicted molar refractivity (Wildman–Crippen MR) is 93.3 cm³/mol. The summed E-state index contributed by atoms with van der Waals surface area (Å²) in [4.78, 5) is 23.5. The molecule has 132 valence electrons. The Kier molecular flexibility index (Phi) is 5.48. The second kappa shape index (κ2) is 7.96. The summed E-state index contributed by atoms with van der Waals surface area (Å²) in [5.74, 6) is -1.14. The molecule has 1 atom stereocenters. The second-order valence-electron chi connectivity index (χ2n) is 6.49. The van der Waals surface area contributed by atoms with Crippen LogP contribution in [0.15, 0.2) is 42.6 Å². The molecule has 0 spiro atoms. The summed E-state index contributed by atoms with van der Waals surface area (Å²) in [6.45, 7) is 0. The van der Waals surface area contributed by atoms with Gasteiger partial charge < -0.3 is 10.4 Å². The first kappa shape index (κ1) is 17.2. The number of aromatic nitrogens is 2. The first-order valence-corrected chi connectivity index (χ1v) is 8.76. The van der Waals surface area contributed by atoms with Gasteiger partial charge in [0, 0.05) is 12.6 Å². The summed E-state index contributed by atoms with van der Waals surface area (Å²) in [6, 6.07) is 11.2. The van der Waals surface area contributed by atoms with E-state index in [0.29, 0.717) is 18.2 Å². The number of rotatable bonds is 7. The Labute approximate surface area is 146 Å². The summed E-state index contributed by atoms with van der Waals surface area (Å²) in [7, 11) is 0. The van der Waals surface area contributed by atoms with E-state index in [0.717, 1.165) is 18.4 Å². The summed E-state index contributed by atoms with van der Waals surface area (Å²) < 4.78 is 1.89. The van der Waals surface area contributed by atoms with Crippen molar-refractivity contribution in [3.05, 3.63) is 53.9 Å². The van der Waals surface area contributed by atoms with E-state index in [9.17, 15) is 9.59 Å². The molecule has 1 fully saturated rings. The minimum absolute atomic E-state index is 0.00362. The van der Waals surface area contributed by atoms with Gasteiger partial charge in [0.2, 0.25) is 0 Å². The Morgan fingerprint density at radius 3 is 2.60 bits per heavy atom. The number of carboxylic acid groups (broad SMARTS) is 1. The lowest BCUT2D eigenvalue weighted by molar-refractivity contribution is -0.137. The van der Waals surface area contributed by atoms with Gasteiger partial charge in [0.15, 0.2) is 0 Å². The van der Waals surface area contributed by atoms with Crippen molar-refractivity contribution in [3.8, 4) is 0 Å². The fraction of sp³-hybridized carbons (Fsp3) is 0.421. The molecule has 25 heavy (non-hydrogen) atoms. The third kappa shape index (κ3) is 4.47. The highest BCUT2D eigenvalue weighted by Gasteiger charge is 2.21. The highest BCUT2D eigenvalue weighted by Crippen LogP contribution is 2.28. The number of hydrogen-bond acceptors (Lipinski definition) is 3. The van der Waals surface area contributed by atoms with Crippen LogP contribution in [0.25, 0.3) is 0 Å². The zero-order chi connectivity index (χ0) is 17.6. The van der Waals surface area contributed by atoms with E-state index in [4.69, 9.17) is 5.11 Å². The Balaban J connectivity index is 1.70. The molecule has 1 aromatic carbocycles. The number of carboxylic acids is 1. The van der Waals surface area contributed by atoms with Gasteiger partial charge in [0.25, 0.3) is 5.91 Å². The van der Waals surface area contributed by atoms with Crippen molar-refractivity contribution in [3.63, 3.8) is 0 Å². The van der Waals surface area contributed by atoms with Gasteiger partial charge in [-0.2, -0.15) is 5.10 Å². The van der Waals surface area contributed by atoms with Gasteiger partial charge in [-0.15, -0.1) is 0 Å². The number of hydrogen-bond donors (Lipinski definition) is 2. The second-order valence-corrected chi connectivity index (χ2v) is 6.49. The first-order chi connectivity index (χ1) is 12.1. The average molecular weight is 341 g/mol. The van der Waals surface area contributed by atoms with Crippen molar-refractivity contribution in [1.29, 1.82) is 0 Å². The molecule has 2 aromatic rings. The minimum Gasteiger partial charge on any atom is -0.481 e. The Hall–Kier alpha value is -2.63. The van der Waals surface area contributed by atoms with Crippen LogP contribution in [-0.2, 0) is 4.79 Å². The van der Waals surface area contributed by atoms with Crippen LogP contribution in [0, 0.1) is 0 Å². The zero-order valence-corrected chi connectivity index (χ0v) is 14.1. The quantitative estimate of drug-likeness (QED) is 0.809. The van der Waals surface area contributed by atoms with Gasteiger partial charge in [-0.05, 0) is 30.9 Å². The van der Waals surface area contributed by atoms with Crippen molar-refractivity contribution < 1.29 is 14.7 Å². The van der Waals surface area contributed by atoms with Crippen LogP contribution in [0.2, 0.25) is 0 Å². The lowest BCUT2D eigenvalue weighted by Crippen LogP contribution is -2.29. The van der Waals surface area contributed by atoms with Crippen LogP contribution < -0.4 is 5.32 Å². The maximum atomic E-state index is 12.6. The highest BCUT2D eigenvalue weighted by atomic mass is 16.4. The van der Waals surface area contributed by atoms with E-state index >= 15 is 0 Å². The molecule has 0 saturated heterocycles. The molecule has 1 aromatic heterocycles.